The van der Waals surface area contributed by atoms with E-state index in [0.29, 0.717) is 30.3 Å². The van der Waals surface area contributed by atoms with Crippen molar-refractivity contribution in [1.82, 2.24) is 20.0 Å². The number of alkyl halides is 3. The summed E-state index contributed by atoms with van der Waals surface area (Å²) in [7, 11) is 0. The minimum Gasteiger partial charge on any atom is -0.494 e. The van der Waals surface area contributed by atoms with Gasteiger partial charge in [0.25, 0.3) is 0 Å². The molecule has 2 aromatic carbocycles. The normalized spacial score (nSPS) is 11.6. The van der Waals surface area contributed by atoms with E-state index in [1.54, 1.807) is 29.3 Å². The Hall–Kier alpha value is -4.28. The van der Waals surface area contributed by atoms with Crippen molar-refractivity contribution in [1.29, 1.82) is 0 Å². The Kier molecular flexibility index (Phi) is 7.66. The Labute approximate surface area is 199 Å². The highest BCUT2D eigenvalue weighted by Gasteiger charge is 2.30. The van der Waals surface area contributed by atoms with Crippen molar-refractivity contribution in [2.75, 3.05) is 11.9 Å². The van der Waals surface area contributed by atoms with Crippen LogP contribution < -0.4 is 14.8 Å². The van der Waals surface area contributed by atoms with Crippen LogP contribution in [0.1, 0.15) is 23.6 Å². The lowest BCUT2D eigenvalue weighted by molar-refractivity contribution is -0.274. The van der Waals surface area contributed by atoms with Gasteiger partial charge in [-0.05, 0) is 48.0 Å². The Bertz CT molecular complexity index is 1200. The standard InChI is InChI=1S/C24H22F3N5O3/c25-24(26,27)35-22-7-2-18(3-8-22)4-11-23-30-20(17-34-23)16-28-19-5-9-21(10-6-19)33-15-1-13-32-14-12-29-31-32/h2-12,14,17,28H,1,13,15-16H2. The van der Waals surface area contributed by atoms with Crippen LogP contribution >= 0.6 is 0 Å². The average Bonchev–Trinajstić information content (AvgIpc) is 3.52. The summed E-state index contributed by atoms with van der Waals surface area (Å²) in [6, 6.07) is 13.1. The smallest absolute Gasteiger partial charge is 0.494 e. The molecule has 2 heterocycles. The van der Waals surface area contributed by atoms with E-state index in [4.69, 9.17) is 9.15 Å². The third kappa shape index (κ3) is 7.91. The van der Waals surface area contributed by atoms with Crippen molar-refractivity contribution in [3.8, 4) is 11.5 Å². The van der Waals surface area contributed by atoms with Crippen LogP contribution in [0, 0.1) is 0 Å². The number of oxazole rings is 1. The molecule has 0 fully saturated rings. The number of hydrogen-bond donors (Lipinski definition) is 1. The fourth-order valence-corrected chi connectivity index (χ4v) is 3.06. The third-order valence-corrected chi connectivity index (χ3v) is 4.70. The zero-order valence-electron chi connectivity index (χ0n) is 18.5. The molecule has 0 aliphatic heterocycles. The second-order valence-electron chi connectivity index (χ2n) is 7.37. The Morgan fingerprint density at radius 3 is 2.49 bits per heavy atom. The van der Waals surface area contributed by atoms with Crippen molar-refractivity contribution in [2.24, 2.45) is 0 Å². The highest BCUT2D eigenvalue weighted by molar-refractivity contribution is 5.66. The van der Waals surface area contributed by atoms with Crippen molar-refractivity contribution in [2.45, 2.75) is 25.9 Å². The summed E-state index contributed by atoms with van der Waals surface area (Å²) in [6.45, 7) is 1.78. The highest BCUT2D eigenvalue weighted by atomic mass is 19.4. The molecule has 11 heteroatoms. The van der Waals surface area contributed by atoms with Gasteiger partial charge in [0.1, 0.15) is 17.8 Å². The van der Waals surface area contributed by atoms with Gasteiger partial charge < -0.3 is 19.2 Å². The molecule has 0 spiro atoms. The van der Waals surface area contributed by atoms with Crippen molar-refractivity contribution >= 4 is 17.8 Å². The zero-order chi connectivity index (χ0) is 24.5. The van der Waals surface area contributed by atoms with Gasteiger partial charge in [-0.15, -0.1) is 18.3 Å². The molecular weight excluding hydrogens is 463 g/mol. The summed E-state index contributed by atoms with van der Waals surface area (Å²) < 4.78 is 53.5. The monoisotopic (exact) mass is 485 g/mol. The second kappa shape index (κ2) is 11.2. The molecule has 4 rings (SSSR count). The van der Waals surface area contributed by atoms with Gasteiger partial charge in [-0.1, -0.05) is 17.3 Å². The van der Waals surface area contributed by atoms with Gasteiger partial charge in [-0.2, -0.15) is 0 Å². The van der Waals surface area contributed by atoms with Crippen LogP contribution in [0.15, 0.2) is 71.6 Å². The van der Waals surface area contributed by atoms with Gasteiger partial charge in [-0.3, -0.25) is 4.68 Å². The number of aromatic nitrogens is 4. The number of benzene rings is 2. The number of aryl methyl sites for hydroxylation is 1. The number of rotatable bonds is 11. The maximum Gasteiger partial charge on any atom is 0.573 e. The Morgan fingerprint density at radius 1 is 1.00 bits per heavy atom. The van der Waals surface area contributed by atoms with Gasteiger partial charge >= 0.3 is 6.36 Å². The fourth-order valence-electron chi connectivity index (χ4n) is 3.06. The topological polar surface area (TPSA) is 87.2 Å². The van der Waals surface area contributed by atoms with Crippen LogP contribution in [0.25, 0.3) is 12.2 Å². The minimum atomic E-state index is -4.71. The van der Waals surface area contributed by atoms with E-state index in [2.05, 4.69) is 25.3 Å². The number of hydrogen-bond acceptors (Lipinski definition) is 7. The first-order valence-corrected chi connectivity index (χ1v) is 10.7. The lowest BCUT2D eigenvalue weighted by Crippen LogP contribution is -2.16. The maximum absolute atomic E-state index is 12.2. The van der Waals surface area contributed by atoms with Crippen LogP contribution in [-0.2, 0) is 13.1 Å². The molecule has 0 aliphatic carbocycles. The number of nitrogens with one attached hydrogen (secondary N) is 1. The van der Waals surface area contributed by atoms with Crippen molar-refractivity contribution in [3.63, 3.8) is 0 Å². The molecule has 0 amide bonds. The average molecular weight is 485 g/mol. The van der Waals surface area contributed by atoms with Gasteiger partial charge in [-0.25, -0.2) is 4.98 Å². The van der Waals surface area contributed by atoms with E-state index >= 15 is 0 Å². The molecule has 0 radical (unpaired) electrons. The van der Waals surface area contributed by atoms with Crippen LogP contribution in [0.3, 0.4) is 0 Å². The minimum absolute atomic E-state index is 0.276. The molecule has 0 aliphatic rings. The van der Waals surface area contributed by atoms with Crippen molar-refractivity contribution in [3.05, 3.63) is 84.3 Å². The van der Waals surface area contributed by atoms with Crippen LogP contribution in [0.2, 0.25) is 0 Å². The highest BCUT2D eigenvalue weighted by Crippen LogP contribution is 2.23. The summed E-state index contributed by atoms with van der Waals surface area (Å²) in [5.74, 6) is 0.884. The van der Waals surface area contributed by atoms with E-state index < -0.39 is 6.36 Å². The number of halogens is 3. The van der Waals surface area contributed by atoms with Crippen molar-refractivity contribution < 1.29 is 27.1 Å². The Balaban J connectivity index is 1.20. The summed E-state index contributed by atoms with van der Waals surface area (Å²) in [6.07, 6.45) is 4.43. The lowest BCUT2D eigenvalue weighted by atomic mass is 10.2. The molecule has 2 aromatic heterocycles. The molecule has 0 saturated carbocycles. The largest absolute Gasteiger partial charge is 0.573 e. The number of nitrogens with zero attached hydrogens (tertiary/aromatic N) is 4. The van der Waals surface area contributed by atoms with Crippen LogP contribution in [0.5, 0.6) is 11.5 Å². The SMILES string of the molecule is FC(F)(F)Oc1ccc(C=Cc2nc(CNc3ccc(OCCCn4ccnn4)cc3)co2)cc1. The molecule has 4 aromatic rings. The number of ether oxygens (including phenoxy) is 2. The molecule has 0 saturated heterocycles. The molecule has 0 unspecified atom stereocenters. The van der Waals surface area contributed by atoms with E-state index in [0.717, 1.165) is 24.4 Å². The maximum atomic E-state index is 12.2. The molecule has 0 bridgehead atoms. The summed E-state index contributed by atoms with van der Waals surface area (Å²) in [5, 5.41) is 10.9. The first-order chi connectivity index (χ1) is 16.9. The molecule has 182 valence electrons. The van der Waals surface area contributed by atoms with E-state index in [9.17, 15) is 13.2 Å². The predicted molar refractivity (Wildman–Crippen MR) is 122 cm³/mol. The van der Waals surface area contributed by atoms with Crippen LogP contribution in [-0.4, -0.2) is 32.9 Å². The van der Waals surface area contributed by atoms with Gasteiger partial charge in [0.15, 0.2) is 0 Å². The summed E-state index contributed by atoms with van der Waals surface area (Å²) in [5.41, 5.74) is 2.28. The van der Waals surface area contributed by atoms with E-state index in [1.165, 1.54) is 24.3 Å². The van der Waals surface area contributed by atoms with E-state index in [-0.39, 0.29) is 5.75 Å². The fraction of sp³-hybridized carbons (Fsp3) is 0.208. The van der Waals surface area contributed by atoms with Gasteiger partial charge in [0.05, 0.1) is 25.0 Å². The first kappa shape index (κ1) is 23.9. The van der Waals surface area contributed by atoms with Gasteiger partial charge in [0.2, 0.25) is 5.89 Å². The summed E-state index contributed by atoms with van der Waals surface area (Å²) >= 11 is 0. The summed E-state index contributed by atoms with van der Waals surface area (Å²) in [4.78, 5) is 4.37. The quantitative estimate of drug-likeness (QED) is 0.284. The molecule has 35 heavy (non-hydrogen) atoms. The van der Waals surface area contributed by atoms with Crippen LogP contribution in [0.4, 0.5) is 18.9 Å². The zero-order valence-corrected chi connectivity index (χ0v) is 18.5. The molecule has 0 atom stereocenters. The predicted octanol–water partition coefficient (Wildman–Crippen LogP) is 5.42. The lowest BCUT2D eigenvalue weighted by Gasteiger charge is -2.08. The first-order valence-electron chi connectivity index (χ1n) is 10.7. The van der Waals surface area contributed by atoms with Gasteiger partial charge in [0, 0.05) is 30.9 Å². The molecule has 1 N–H and O–H groups in total. The Morgan fingerprint density at radius 2 is 1.77 bits per heavy atom. The van der Waals surface area contributed by atoms with E-state index in [1.807, 2.05) is 30.5 Å². The second-order valence-corrected chi connectivity index (χ2v) is 7.37. The molecule has 8 nitrogen and oxygen atoms in total. The third-order valence-electron chi connectivity index (χ3n) is 4.70. The number of anilines is 1. The molecular formula is C24H22F3N5O3.